The Labute approximate surface area is 104 Å². The van der Waals surface area contributed by atoms with Gasteiger partial charge in [0.05, 0.1) is 6.10 Å². The Morgan fingerprint density at radius 2 is 1.94 bits per heavy atom. The van der Waals surface area contributed by atoms with Gasteiger partial charge in [-0.05, 0) is 30.5 Å². The molecule has 0 aliphatic heterocycles. The Morgan fingerprint density at radius 1 is 1.29 bits per heavy atom. The molecule has 0 saturated carbocycles. The molecule has 0 saturated heterocycles. The third kappa shape index (κ3) is 3.93. The van der Waals surface area contributed by atoms with Crippen LogP contribution in [0.3, 0.4) is 0 Å². The average molecular weight is 236 g/mol. The topological polar surface area (TPSA) is 58.3 Å². The van der Waals surface area contributed by atoms with Crippen LogP contribution < -0.4 is 11.1 Å². The first-order valence-electron chi connectivity index (χ1n) is 6.36. The lowest BCUT2D eigenvalue weighted by molar-refractivity contribution is 0.114. The molecule has 0 aliphatic carbocycles. The van der Waals surface area contributed by atoms with E-state index in [9.17, 15) is 5.11 Å². The summed E-state index contributed by atoms with van der Waals surface area (Å²) < 4.78 is 0. The fourth-order valence-corrected chi connectivity index (χ4v) is 2.04. The van der Waals surface area contributed by atoms with Gasteiger partial charge in [-0.15, -0.1) is 0 Å². The number of anilines is 2. The molecule has 1 rings (SSSR count). The van der Waals surface area contributed by atoms with Crippen LogP contribution in [-0.4, -0.2) is 17.8 Å². The first-order valence-corrected chi connectivity index (χ1v) is 6.36. The van der Waals surface area contributed by atoms with Crippen LogP contribution in [0.2, 0.25) is 0 Å². The SMILES string of the molecule is CCC(CC)C(O)CNc1cc(N)ccc1C. The highest BCUT2D eigenvalue weighted by Gasteiger charge is 2.15. The van der Waals surface area contributed by atoms with Crippen molar-refractivity contribution in [2.75, 3.05) is 17.6 Å². The van der Waals surface area contributed by atoms with Crippen molar-refractivity contribution in [3.8, 4) is 0 Å². The molecule has 17 heavy (non-hydrogen) atoms. The summed E-state index contributed by atoms with van der Waals surface area (Å²) in [6.45, 7) is 6.84. The fourth-order valence-electron chi connectivity index (χ4n) is 2.04. The van der Waals surface area contributed by atoms with Gasteiger partial charge < -0.3 is 16.2 Å². The molecule has 0 spiro atoms. The number of aliphatic hydroxyl groups is 1. The zero-order valence-electron chi connectivity index (χ0n) is 11.0. The van der Waals surface area contributed by atoms with Crippen molar-refractivity contribution in [1.29, 1.82) is 0 Å². The number of hydrogen-bond acceptors (Lipinski definition) is 3. The number of benzene rings is 1. The molecule has 0 fully saturated rings. The minimum atomic E-state index is -0.300. The van der Waals surface area contributed by atoms with Gasteiger partial charge in [-0.2, -0.15) is 0 Å². The van der Waals surface area contributed by atoms with E-state index < -0.39 is 0 Å². The van der Waals surface area contributed by atoms with Crippen molar-refractivity contribution in [2.24, 2.45) is 5.92 Å². The van der Waals surface area contributed by atoms with E-state index in [0.29, 0.717) is 12.5 Å². The fraction of sp³-hybridized carbons (Fsp3) is 0.571. The molecule has 0 radical (unpaired) electrons. The number of rotatable bonds is 6. The molecule has 0 bridgehead atoms. The lowest BCUT2D eigenvalue weighted by Gasteiger charge is -2.21. The van der Waals surface area contributed by atoms with Crippen molar-refractivity contribution in [1.82, 2.24) is 0 Å². The zero-order chi connectivity index (χ0) is 12.8. The van der Waals surface area contributed by atoms with Gasteiger partial charge in [-0.1, -0.05) is 32.8 Å². The Hall–Kier alpha value is -1.22. The van der Waals surface area contributed by atoms with Crippen LogP contribution in [0, 0.1) is 12.8 Å². The molecule has 0 aliphatic rings. The van der Waals surface area contributed by atoms with Crippen LogP contribution in [0.4, 0.5) is 11.4 Å². The molecular weight excluding hydrogens is 212 g/mol. The van der Waals surface area contributed by atoms with Crippen LogP contribution in [0.25, 0.3) is 0 Å². The van der Waals surface area contributed by atoms with Crippen molar-refractivity contribution in [2.45, 2.75) is 39.7 Å². The van der Waals surface area contributed by atoms with E-state index in [-0.39, 0.29) is 6.10 Å². The Morgan fingerprint density at radius 3 is 2.53 bits per heavy atom. The van der Waals surface area contributed by atoms with Gasteiger partial charge in [0.25, 0.3) is 0 Å². The van der Waals surface area contributed by atoms with E-state index >= 15 is 0 Å². The molecule has 3 heteroatoms. The van der Waals surface area contributed by atoms with Gasteiger partial charge >= 0.3 is 0 Å². The number of hydrogen-bond donors (Lipinski definition) is 3. The second kappa shape index (κ2) is 6.50. The van der Waals surface area contributed by atoms with Crippen LogP contribution >= 0.6 is 0 Å². The standard InChI is InChI=1S/C14H24N2O/c1-4-11(5-2)14(17)9-16-13-8-12(15)7-6-10(13)3/h6-8,11,14,16-17H,4-5,9,15H2,1-3H3. The van der Waals surface area contributed by atoms with E-state index in [1.807, 2.05) is 25.1 Å². The Kier molecular flexibility index (Phi) is 5.29. The van der Waals surface area contributed by atoms with E-state index in [2.05, 4.69) is 19.2 Å². The van der Waals surface area contributed by atoms with Gasteiger partial charge in [0, 0.05) is 17.9 Å². The minimum Gasteiger partial charge on any atom is -0.399 e. The largest absolute Gasteiger partial charge is 0.399 e. The predicted molar refractivity (Wildman–Crippen MR) is 74.2 cm³/mol. The van der Waals surface area contributed by atoms with Crippen LogP contribution in [0.1, 0.15) is 32.3 Å². The summed E-state index contributed by atoms with van der Waals surface area (Å²) in [5.41, 5.74) is 8.65. The lowest BCUT2D eigenvalue weighted by Crippen LogP contribution is -2.27. The molecule has 0 aromatic heterocycles. The van der Waals surface area contributed by atoms with Gasteiger partial charge in [0.15, 0.2) is 0 Å². The summed E-state index contributed by atoms with van der Waals surface area (Å²) in [5, 5.41) is 13.3. The quantitative estimate of drug-likeness (QED) is 0.666. The number of aryl methyl sites for hydroxylation is 1. The highest BCUT2D eigenvalue weighted by molar-refractivity contribution is 5.59. The van der Waals surface area contributed by atoms with Crippen LogP contribution in [-0.2, 0) is 0 Å². The summed E-state index contributed by atoms with van der Waals surface area (Å²) in [4.78, 5) is 0. The van der Waals surface area contributed by atoms with E-state index in [1.54, 1.807) is 0 Å². The number of aliphatic hydroxyl groups excluding tert-OH is 1. The van der Waals surface area contributed by atoms with Crippen LogP contribution in [0.5, 0.6) is 0 Å². The van der Waals surface area contributed by atoms with E-state index in [0.717, 1.165) is 29.8 Å². The molecule has 1 aromatic carbocycles. The monoisotopic (exact) mass is 236 g/mol. The molecule has 3 nitrogen and oxygen atoms in total. The number of nitrogen functional groups attached to an aromatic ring is 1. The van der Waals surface area contributed by atoms with Gasteiger partial charge in [0.1, 0.15) is 0 Å². The third-order valence-electron chi connectivity index (χ3n) is 3.36. The maximum atomic E-state index is 10.0. The second-order valence-electron chi connectivity index (χ2n) is 4.60. The molecule has 96 valence electrons. The molecular formula is C14H24N2O. The molecule has 4 N–H and O–H groups in total. The number of nitrogens with one attached hydrogen (secondary N) is 1. The van der Waals surface area contributed by atoms with Crippen LogP contribution in [0.15, 0.2) is 18.2 Å². The summed E-state index contributed by atoms with van der Waals surface area (Å²) in [6.07, 6.45) is 1.72. The van der Waals surface area contributed by atoms with Gasteiger partial charge in [0.2, 0.25) is 0 Å². The molecule has 1 atom stereocenters. The second-order valence-corrected chi connectivity index (χ2v) is 4.60. The third-order valence-corrected chi connectivity index (χ3v) is 3.36. The maximum absolute atomic E-state index is 10.0. The molecule has 0 amide bonds. The van der Waals surface area contributed by atoms with Gasteiger partial charge in [-0.25, -0.2) is 0 Å². The van der Waals surface area contributed by atoms with Gasteiger partial charge in [-0.3, -0.25) is 0 Å². The average Bonchev–Trinajstić information content (AvgIpc) is 2.32. The smallest absolute Gasteiger partial charge is 0.0740 e. The molecule has 0 heterocycles. The summed E-state index contributed by atoms with van der Waals surface area (Å²) >= 11 is 0. The summed E-state index contributed by atoms with van der Waals surface area (Å²) in [5.74, 6) is 0.365. The first kappa shape index (κ1) is 13.8. The number of nitrogens with two attached hydrogens (primary N) is 1. The molecule has 1 unspecified atom stereocenters. The van der Waals surface area contributed by atoms with Crippen molar-refractivity contribution >= 4 is 11.4 Å². The lowest BCUT2D eigenvalue weighted by atomic mass is 9.96. The first-order chi connectivity index (χ1) is 8.08. The Balaban J connectivity index is 2.57. The highest BCUT2D eigenvalue weighted by Crippen LogP contribution is 2.19. The summed E-state index contributed by atoms with van der Waals surface area (Å²) in [7, 11) is 0. The minimum absolute atomic E-state index is 0.300. The Bertz CT molecular complexity index is 348. The molecule has 1 aromatic rings. The maximum Gasteiger partial charge on any atom is 0.0740 e. The predicted octanol–water partition coefficient (Wildman–Crippen LogP) is 2.79. The van der Waals surface area contributed by atoms with E-state index in [4.69, 9.17) is 5.73 Å². The van der Waals surface area contributed by atoms with E-state index in [1.165, 1.54) is 0 Å². The zero-order valence-corrected chi connectivity index (χ0v) is 11.0. The highest BCUT2D eigenvalue weighted by atomic mass is 16.3. The normalized spacial score (nSPS) is 12.8. The van der Waals surface area contributed by atoms with Crippen molar-refractivity contribution in [3.05, 3.63) is 23.8 Å². The van der Waals surface area contributed by atoms with Crippen molar-refractivity contribution < 1.29 is 5.11 Å². The summed E-state index contributed by atoms with van der Waals surface area (Å²) in [6, 6.07) is 5.79. The van der Waals surface area contributed by atoms with Crippen molar-refractivity contribution in [3.63, 3.8) is 0 Å².